The molecule has 1 fully saturated rings. The van der Waals surface area contributed by atoms with Crippen LogP contribution in [0.5, 0.6) is 5.75 Å². The molecule has 3 aliphatic heterocycles. The number of ketones is 1. The number of hydroxylamine groups is 2. The van der Waals surface area contributed by atoms with E-state index >= 15 is 0 Å². The zero-order valence-electron chi connectivity index (χ0n) is 61.8. The molecule has 3 heterocycles. The molecule has 1 saturated heterocycles. The largest absolute Gasteiger partial charge is 1.00 e. The number of benzene rings is 7. The van der Waals surface area contributed by atoms with E-state index in [-0.39, 0.29) is 221 Å². The molecule has 22 nitrogen and oxygen atoms in total. The predicted octanol–water partition coefficient (Wildman–Crippen LogP) is 2.32. The van der Waals surface area contributed by atoms with Crippen molar-refractivity contribution in [2.75, 3.05) is 84.2 Å². The Morgan fingerprint density at radius 1 is 0.676 bits per heavy atom. The van der Waals surface area contributed by atoms with Gasteiger partial charge >= 0.3 is 160 Å². The molecule has 0 radical (unpaired) electrons. The SMILES string of the molecule is CCN1/C(=C/C=C/C=C/C2=[N+](CCCCCC(=O)N3CCN(CCOCCON(Cc4ccc(-c5ccc(OC)cc5)cc4)[C@H](CCNC(=O)OCc4ccccc4)C(C)=O)CC3)c3ccc4c(S(=O)(=O)[O-])cc(S(=O)(=O)[O-])cc4c3C2(C)C)C(C)(C)c2c1ccc1c(C)cc(S(=O)(=O)[O-])cc21.[K+].[K+].[K+]. The number of amides is 2. The molecule has 7 aromatic carbocycles. The molecule has 0 aromatic heterocycles. The van der Waals surface area contributed by atoms with Crippen LogP contribution < -0.4 is 169 Å². The average molecular weight is 1570 g/mol. The number of fused-ring (bicyclic) bond motifs is 6. The number of carbonyl (C=O) groups is 3. The van der Waals surface area contributed by atoms with Crippen LogP contribution in [0.25, 0.3) is 32.7 Å². The number of carbonyl (C=O) groups excluding carboxylic acids is 3. The quantitative estimate of drug-likeness (QED) is 0.0163. The fourth-order valence-corrected chi connectivity index (χ4v) is 16.1. The number of unbranched alkanes of at least 4 members (excludes halogenated alkanes) is 2. The summed E-state index contributed by atoms with van der Waals surface area (Å²) in [6, 6.07) is 36.2. The number of methoxy groups -OCH3 is 1. The number of alkyl carbamates (subject to hydrolysis) is 1. The molecular formula is C77H88K3N6O16S3+. The smallest absolute Gasteiger partial charge is 0.744 e. The van der Waals surface area contributed by atoms with Gasteiger partial charge in [-0.05, 0) is 158 Å². The zero-order chi connectivity index (χ0) is 73.3. The van der Waals surface area contributed by atoms with Crippen LogP contribution in [0.4, 0.5) is 16.2 Å². The van der Waals surface area contributed by atoms with Gasteiger partial charge in [0.1, 0.15) is 55.0 Å². The van der Waals surface area contributed by atoms with E-state index in [4.69, 9.17) is 19.0 Å². The Morgan fingerprint density at radius 2 is 1.31 bits per heavy atom. The van der Waals surface area contributed by atoms with Gasteiger partial charge in [-0.15, -0.1) is 0 Å². The van der Waals surface area contributed by atoms with Gasteiger partial charge in [-0.25, -0.2) is 30.0 Å². The summed E-state index contributed by atoms with van der Waals surface area (Å²) in [5.41, 5.74) is 7.55. The van der Waals surface area contributed by atoms with E-state index in [2.05, 4.69) is 33.5 Å². The third-order valence-electron chi connectivity index (χ3n) is 19.4. The van der Waals surface area contributed by atoms with Gasteiger partial charge in [0.2, 0.25) is 11.6 Å². The van der Waals surface area contributed by atoms with Crippen LogP contribution in [-0.2, 0) is 78.2 Å². The van der Waals surface area contributed by atoms with Gasteiger partial charge in [0, 0.05) is 105 Å². The van der Waals surface area contributed by atoms with Crippen LogP contribution in [0.1, 0.15) is 101 Å². The molecule has 0 spiro atoms. The van der Waals surface area contributed by atoms with Crippen molar-refractivity contribution in [3.63, 3.8) is 0 Å². The Hall–Kier alpha value is -3.56. The second-order valence-electron chi connectivity index (χ2n) is 26.8. The Labute approximate surface area is 744 Å². The summed E-state index contributed by atoms with van der Waals surface area (Å²) in [7, 11) is -13.6. The minimum atomic E-state index is -5.25. The maximum Gasteiger partial charge on any atom is 1.00 e. The second-order valence-corrected chi connectivity index (χ2v) is 31.0. The summed E-state index contributed by atoms with van der Waals surface area (Å²) in [6.45, 7) is 18.7. The Kier molecular flexibility index (Phi) is 33.0. The molecular weight excluding hydrogens is 1480 g/mol. The van der Waals surface area contributed by atoms with Gasteiger partial charge < -0.3 is 43.0 Å². The number of piperazine rings is 1. The fourth-order valence-electron chi connectivity index (χ4n) is 14.2. The van der Waals surface area contributed by atoms with Crippen molar-refractivity contribution in [1.29, 1.82) is 0 Å². The number of ether oxygens (including phenoxy) is 3. The molecule has 3 aliphatic rings. The molecule has 0 saturated carbocycles. The summed E-state index contributed by atoms with van der Waals surface area (Å²) in [5, 5.41) is 6.07. The van der Waals surface area contributed by atoms with Crippen LogP contribution in [0.2, 0.25) is 0 Å². The van der Waals surface area contributed by atoms with Gasteiger partial charge in [-0.1, -0.05) is 105 Å². The number of allylic oxidation sites excluding steroid dienone is 6. The van der Waals surface area contributed by atoms with E-state index in [9.17, 15) is 53.3 Å². The van der Waals surface area contributed by atoms with Crippen LogP contribution in [0.3, 0.4) is 0 Å². The number of nitrogens with zero attached hydrogens (tertiary/aromatic N) is 5. The molecule has 1 N–H and O–H groups in total. The van der Waals surface area contributed by atoms with E-state index in [1.165, 1.54) is 25.1 Å². The third-order valence-corrected chi connectivity index (χ3v) is 21.9. The minimum Gasteiger partial charge on any atom is -0.744 e. The number of Topliss-reactive ketones (excluding diaryl/α,β-unsaturated/α-hetero) is 1. The van der Waals surface area contributed by atoms with Gasteiger partial charge in [-0.3, -0.25) is 19.3 Å². The molecule has 10 rings (SSSR count). The molecule has 28 heteroatoms. The topological polar surface area (TPSA) is 288 Å². The van der Waals surface area contributed by atoms with E-state index in [0.29, 0.717) is 106 Å². The van der Waals surface area contributed by atoms with Crippen LogP contribution in [0, 0.1) is 6.92 Å². The Balaban J connectivity index is 0.00000513. The van der Waals surface area contributed by atoms with Crippen molar-refractivity contribution in [2.24, 2.45) is 0 Å². The van der Waals surface area contributed by atoms with Crippen LogP contribution in [0.15, 0.2) is 178 Å². The number of nitrogens with one attached hydrogen (secondary N) is 1. The summed E-state index contributed by atoms with van der Waals surface area (Å²) in [6.07, 6.45) is 11.4. The molecule has 542 valence electrons. The van der Waals surface area contributed by atoms with Crippen LogP contribution >= 0.6 is 0 Å². The standard InChI is InChI=1S/C77H90N6O16S3.3K/c1-9-81-67-34-32-62-53(2)47-60(100(87,88)89)48-64(62)73(67)76(4,5)70(81)21-15-11-16-22-71-77(6,7)74-65-49-61(101(90,91)92)50-69(102(93,94)95)63(65)33-35-68(74)82(71)38-18-12-17-23-72(85)80-41-39-79(40-42-80)43-44-97-45-46-99-83(51-55-24-26-57(27-25-55)58-28-30-59(96-8)31-29-58)66(54(3)84)36-37-78-75(86)98-52-56-19-13-10-14-20-56;;;/h10-11,13-16,19-22,24-35,47-50,66H,9,12,17-18,23,36-46,51-52H2,1-8H3,(H3-,78,86,87,88,89,90,91,92,93,94,95);;;/q;3*+1/p-2/t66-;;;/m1.../s1. The minimum absolute atomic E-state index is 0. The first kappa shape index (κ1) is 88.7. The molecule has 7 aromatic rings. The van der Waals surface area contributed by atoms with Crippen LogP contribution in [-0.4, -0.2) is 167 Å². The van der Waals surface area contributed by atoms with Gasteiger partial charge in [0.25, 0.3) is 0 Å². The van der Waals surface area contributed by atoms with Crippen molar-refractivity contribution in [3.8, 4) is 16.9 Å². The molecule has 0 bridgehead atoms. The predicted molar refractivity (Wildman–Crippen MR) is 388 cm³/mol. The molecule has 105 heavy (non-hydrogen) atoms. The summed E-state index contributed by atoms with van der Waals surface area (Å²) in [4.78, 5) is 50.2. The zero-order valence-corrected chi connectivity index (χ0v) is 73.6. The second kappa shape index (κ2) is 39.1. The number of aryl methyl sites for hydroxylation is 1. The maximum absolute atomic E-state index is 13.7. The Bertz CT molecular complexity index is 4760. The number of hydrogen-bond donors (Lipinski definition) is 1. The third kappa shape index (κ3) is 22.0. The van der Waals surface area contributed by atoms with E-state index < -0.39 is 63.1 Å². The van der Waals surface area contributed by atoms with Gasteiger partial charge in [0.05, 0.1) is 53.1 Å². The van der Waals surface area contributed by atoms with Crippen molar-refractivity contribution < 1.29 is 231 Å². The molecule has 0 aliphatic carbocycles. The van der Waals surface area contributed by atoms with Crippen molar-refractivity contribution in [3.05, 3.63) is 191 Å². The Morgan fingerprint density at radius 3 is 1.94 bits per heavy atom. The fraction of sp³-hybridized carbons (Fsp3) is 0.377. The summed E-state index contributed by atoms with van der Waals surface area (Å²) in [5.74, 6) is 0.676. The number of rotatable bonds is 31. The number of likely N-dealkylation sites (N-methyl/N-ethyl adjacent to an activating group) is 1. The van der Waals surface area contributed by atoms with Gasteiger partial charge in [-0.2, -0.15) is 9.64 Å². The molecule has 2 amide bonds. The van der Waals surface area contributed by atoms with E-state index in [1.54, 1.807) is 25.2 Å². The number of hydrogen-bond acceptors (Lipinski definition) is 19. The molecule has 1 atom stereocenters. The van der Waals surface area contributed by atoms with Crippen molar-refractivity contribution in [1.82, 2.24) is 20.2 Å². The van der Waals surface area contributed by atoms with Crippen molar-refractivity contribution >= 4 is 86.8 Å². The first-order valence-corrected chi connectivity index (χ1v) is 38.4. The number of anilines is 1. The first-order valence-electron chi connectivity index (χ1n) is 34.2. The first-order chi connectivity index (χ1) is 48.5. The van der Waals surface area contributed by atoms with Crippen molar-refractivity contribution in [2.45, 2.75) is 125 Å². The van der Waals surface area contributed by atoms with E-state index in [1.807, 2.05) is 147 Å². The maximum atomic E-state index is 13.7. The normalized spacial score (nSPS) is 15.8. The monoisotopic (exact) mass is 1570 g/mol. The summed E-state index contributed by atoms with van der Waals surface area (Å²) < 4.78 is 131. The average Bonchev–Trinajstić information content (AvgIpc) is 1.59. The summed E-state index contributed by atoms with van der Waals surface area (Å²) >= 11 is 0. The molecule has 0 unspecified atom stereocenters. The van der Waals surface area contributed by atoms with E-state index in [0.717, 1.165) is 62.1 Å². The van der Waals surface area contributed by atoms with Gasteiger partial charge in [0.15, 0.2) is 5.71 Å².